The van der Waals surface area contributed by atoms with Gasteiger partial charge in [0, 0.05) is 6.42 Å². The van der Waals surface area contributed by atoms with Crippen molar-refractivity contribution in [2.24, 2.45) is 0 Å². The Kier molecular flexibility index (Phi) is 5.50. The van der Waals surface area contributed by atoms with Gasteiger partial charge < -0.3 is 0 Å². The van der Waals surface area contributed by atoms with Gasteiger partial charge >= 0.3 is 0 Å². The van der Waals surface area contributed by atoms with E-state index >= 15 is 0 Å². The van der Waals surface area contributed by atoms with E-state index < -0.39 is 5.83 Å². The van der Waals surface area contributed by atoms with Gasteiger partial charge in [-0.3, -0.25) is 4.79 Å². The first-order valence-electron chi connectivity index (χ1n) is 5.69. The van der Waals surface area contributed by atoms with Crippen LogP contribution in [0.15, 0.2) is 11.9 Å². The van der Waals surface area contributed by atoms with Crippen LogP contribution in [-0.4, -0.2) is 5.78 Å². The van der Waals surface area contributed by atoms with Crippen LogP contribution in [0.2, 0.25) is 0 Å². The van der Waals surface area contributed by atoms with Crippen molar-refractivity contribution in [3.63, 3.8) is 0 Å². The van der Waals surface area contributed by atoms with Crippen LogP contribution in [0.1, 0.15) is 57.8 Å². The van der Waals surface area contributed by atoms with E-state index in [9.17, 15) is 9.18 Å². The lowest BCUT2D eigenvalue weighted by Gasteiger charge is -2.03. The first-order chi connectivity index (χ1) is 6.80. The highest BCUT2D eigenvalue weighted by molar-refractivity contribution is 5.93. The van der Waals surface area contributed by atoms with Crippen LogP contribution >= 0.6 is 0 Å². The summed E-state index contributed by atoms with van der Waals surface area (Å²) >= 11 is 0. The minimum atomic E-state index is -0.509. The topological polar surface area (TPSA) is 17.1 Å². The third kappa shape index (κ3) is 4.54. The van der Waals surface area contributed by atoms with Crippen LogP contribution < -0.4 is 0 Å². The molecule has 0 radical (unpaired) electrons. The van der Waals surface area contributed by atoms with Crippen molar-refractivity contribution in [1.29, 1.82) is 0 Å². The number of Topliss-reactive ketones (excluding diaryl/α,β-unsaturated/α-hetero) is 1. The molecule has 1 aliphatic carbocycles. The van der Waals surface area contributed by atoms with Crippen molar-refractivity contribution < 1.29 is 9.18 Å². The predicted molar refractivity (Wildman–Crippen MR) is 55.8 cm³/mol. The van der Waals surface area contributed by atoms with Crippen molar-refractivity contribution >= 4 is 5.78 Å². The van der Waals surface area contributed by atoms with Gasteiger partial charge in [-0.15, -0.1) is 0 Å². The molecule has 0 saturated heterocycles. The molecule has 0 spiro atoms. The molecular weight excluding hydrogens is 179 g/mol. The summed E-state index contributed by atoms with van der Waals surface area (Å²) in [4.78, 5) is 11.2. The summed E-state index contributed by atoms with van der Waals surface area (Å²) in [6.45, 7) is 0. The zero-order chi connectivity index (χ0) is 10.2. The van der Waals surface area contributed by atoms with Gasteiger partial charge in [-0.25, -0.2) is 4.39 Å². The Morgan fingerprint density at radius 3 is 2.21 bits per heavy atom. The van der Waals surface area contributed by atoms with E-state index in [1.807, 2.05) is 0 Å². The highest BCUT2D eigenvalue weighted by Gasteiger charge is 2.08. The van der Waals surface area contributed by atoms with E-state index in [1.54, 1.807) is 0 Å². The Bertz CT molecular complexity index is 208. The fourth-order valence-electron chi connectivity index (χ4n) is 1.78. The summed E-state index contributed by atoms with van der Waals surface area (Å²) in [7, 11) is 0. The molecule has 0 aromatic carbocycles. The van der Waals surface area contributed by atoms with Crippen LogP contribution in [0.3, 0.4) is 0 Å². The summed E-state index contributed by atoms with van der Waals surface area (Å²) in [5, 5.41) is 0. The van der Waals surface area contributed by atoms with Crippen molar-refractivity contribution in [3.05, 3.63) is 11.9 Å². The maximum Gasteiger partial charge on any atom is 0.190 e. The summed E-state index contributed by atoms with van der Waals surface area (Å²) in [6, 6.07) is 0. The second-order valence-corrected chi connectivity index (χ2v) is 3.99. The van der Waals surface area contributed by atoms with Crippen molar-refractivity contribution in [1.82, 2.24) is 0 Å². The van der Waals surface area contributed by atoms with Crippen LogP contribution in [-0.2, 0) is 4.79 Å². The quantitative estimate of drug-likeness (QED) is 0.576. The third-order valence-corrected chi connectivity index (χ3v) is 2.70. The van der Waals surface area contributed by atoms with Gasteiger partial charge in [-0.05, 0) is 25.3 Å². The number of carbonyl (C=O) groups excluding carboxylic acids is 1. The zero-order valence-corrected chi connectivity index (χ0v) is 8.73. The second-order valence-electron chi connectivity index (χ2n) is 3.99. The summed E-state index contributed by atoms with van der Waals surface area (Å²) in [5.41, 5.74) is 0. The van der Waals surface area contributed by atoms with Gasteiger partial charge in [-0.2, -0.15) is 0 Å². The molecule has 80 valence electrons. The molecule has 0 aromatic rings. The lowest BCUT2D eigenvalue weighted by Crippen LogP contribution is -1.99. The minimum absolute atomic E-state index is 0.300. The highest BCUT2D eigenvalue weighted by Crippen LogP contribution is 2.15. The Labute approximate surface area is 85.4 Å². The molecule has 0 unspecified atom stereocenters. The molecule has 2 heteroatoms. The molecule has 0 fully saturated rings. The first kappa shape index (κ1) is 11.4. The molecule has 1 nitrogen and oxygen atoms in total. The summed E-state index contributed by atoms with van der Waals surface area (Å²) in [5.74, 6) is -0.809. The molecule has 0 heterocycles. The van der Waals surface area contributed by atoms with Gasteiger partial charge in [0.15, 0.2) is 11.6 Å². The number of allylic oxidation sites excluding steroid dienone is 2. The lowest BCUT2D eigenvalue weighted by molar-refractivity contribution is -0.117. The normalized spacial score (nSPS) is 25.8. The standard InChI is InChI=1S/C12H19FO/c13-11-9-7-5-3-1-2-4-6-8-10-12(11)14/h9H,1-8,10H2/b11-9-. The van der Waals surface area contributed by atoms with Gasteiger partial charge in [0.05, 0.1) is 0 Å². The van der Waals surface area contributed by atoms with E-state index in [0.717, 1.165) is 32.1 Å². The third-order valence-electron chi connectivity index (χ3n) is 2.70. The Morgan fingerprint density at radius 1 is 0.929 bits per heavy atom. The second kappa shape index (κ2) is 6.74. The SMILES string of the molecule is O=C1CCCCCCCCC/C=C/1F. The lowest BCUT2D eigenvalue weighted by atomic mass is 10.0. The monoisotopic (exact) mass is 198 g/mol. The number of hydrogen-bond donors (Lipinski definition) is 0. The van der Waals surface area contributed by atoms with Gasteiger partial charge in [0.2, 0.25) is 0 Å². The van der Waals surface area contributed by atoms with Crippen molar-refractivity contribution in [2.45, 2.75) is 57.8 Å². The Hall–Kier alpha value is -0.660. The smallest absolute Gasteiger partial charge is 0.190 e. The van der Waals surface area contributed by atoms with Crippen molar-refractivity contribution in [3.8, 4) is 0 Å². The number of halogens is 1. The number of hydrogen-bond acceptors (Lipinski definition) is 1. The van der Waals surface area contributed by atoms with Gasteiger partial charge in [0.25, 0.3) is 0 Å². The largest absolute Gasteiger partial charge is 0.292 e. The molecular formula is C12H19FO. The fraction of sp³-hybridized carbons (Fsp3) is 0.750. The minimum Gasteiger partial charge on any atom is -0.292 e. The fourth-order valence-corrected chi connectivity index (χ4v) is 1.78. The highest BCUT2D eigenvalue weighted by atomic mass is 19.1. The van der Waals surface area contributed by atoms with E-state index in [2.05, 4.69) is 0 Å². The Morgan fingerprint density at radius 2 is 1.50 bits per heavy atom. The van der Waals surface area contributed by atoms with E-state index in [0.29, 0.717) is 6.42 Å². The van der Waals surface area contributed by atoms with Gasteiger partial charge in [-0.1, -0.05) is 32.1 Å². The number of rotatable bonds is 0. The van der Waals surface area contributed by atoms with E-state index in [4.69, 9.17) is 0 Å². The Balaban J connectivity index is 2.40. The van der Waals surface area contributed by atoms with E-state index in [1.165, 1.54) is 25.3 Å². The number of ketones is 1. The maximum atomic E-state index is 13.1. The van der Waals surface area contributed by atoms with Crippen LogP contribution in [0.25, 0.3) is 0 Å². The molecule has 0 saturated carbocycles. The van der Waals surface area contributed by atoms with Crippen molar-refractivity contribution in [2.75, 3.05) is 0 Å². The van der Waals surface area contributed by atoms with Crippen LogP contribution in [0, 0.1) is 0 Å². The molecule has 0 amide bonds. The molecule has 0 N–H and O–H groups in total. The molecule has 1 aliphatic rings. The molecule has 14 heavy (non-hydrogen) atoms. The average molecular weight is 198 g/mol. The molecule has 0 atom stereocenters. The average Bonchev–Trinajstić information content (AvgIpc) is 2.18. The maximum absolute atomic E-state index is 13.1. The van der Waals surface area contributed by atoms with Gasteiger partial charge in [0.1, 0.15) is 0 Å². The predicted octanol–water partition coefficient (Wildman–Crippen LogP) is 3.93. The first-order valence-corrected chi connectivity index (χ1v) is 5.69. The molecule has 0 bridgehead atoms. The zero-order valence-electron chi connectivity index (χ0n) is 8.73. The molecule has 0 aliphatic heterocycles. The summed E-state index contributed by atoms with van der Waals surface area (Å²) < 4.78 is 13.1. The summed E-state index contributed by atoms with van der Waals surface area (Å²) in [6.07, 6.45) is 10.4. The molecule has 0 aromatic heterocycles. The molecule has 1 rings (SSSR count). The number of carbonyl (C=O) groups is 1. The van der Waals surface area contributed by atoms with Crippen LogP contribution in [0.4, 0.5) is 4.39 Å². The van der Waals surface area contributed by atoms with Crippen LogP contribution in [0.5, 0.6) is 0 Å². The van der Waals surface area contributed by atoms with E-state index in [-0.39, 0.29) is 5.78 Å².